The fourth-order valence-corrected chi connectivity index (χ4v) is 4.67. The second-order valence-corrected chi connectivity index (χ2v) is 9.10. The SMILES string of the molecule is COc1ccc(Cn2c(=S)[nH]c(=O)c3[nH]c(COCc4ccccc4)nc32)cc1OC1CCCC1. The molecule has 0 saturated heterocycles. The number of nitrogens with zero attached hydrogens (tertiary/aromatic N) is 2. The van der Waals surface area contributed by atoms with E-state index in [1.807, 2.05) is 53.1 Å². The molecule has 35 heavy (non-hydrogen) atoms. The van der Waals surface area contributed by atoms with Gasteiger partial charge in [-0.3, -0.25) is 14.3 Å². The average Bonchev–Trinajstić information content (AvgIpc) is 3.53. The number of aromatic nitrogens is 4. The molecule has 0 bridgehead atoms. The van der Waals surface area contributed by atoms with Crippen LogP contribution in [0.15, 0.2) is 53.3 Å². The van der Waals surface area contributed by atoms with Crippen LogP contribution in [0, 0.1) is 4.77 Å². The van der Waals surface area contributed by atoms with Gasteiger partial charge in [0.1, 0.15) is 17.9 Å². The maximum absolute atomic E-state index is 12.6. The number of ether oxygens (including phenoxy) is 3. The van der Waals surface area contributed by atoms with Crippen LogP contribution in [0.3, 0.4) is 0 Å². The molecule has 8 nitrogen and oxygen atoms in total. The summed E-state index contributed by atoms with van der Waals surface area (Å²) < 4.78 is 19.7. The van der Waals surface area contributed by atoms with E-state index in [0.717, 1.165) is 29.7 Å². The maximum Gasteiger partial charge on any atom is 0.277 e. The van der Waals surface area contributed by atoms with Crippen LogP contribution in [0.5, 0.6) is 11.5 Å². The summed E-state index contributed by atoms with van der Waals surface area (Å²) in [4.78, 5) is 23.0. The van der Waals surface area contributed by atoms with Gasteiger partial charge >= 0.3 is 0 Å². The third kappa shape index (κ3) is 5.31. The number of nitrogens with one attached hydrogen (secondary N) is 2. The van der Waals surface area contributed by atoms with Gasteiger partial charge in [-0.15, -0.1) is 0 Å². The molecule has 5 rings (SSSR count). The second-order valence-electron chi connectivity index (χ2n) is 8.72. The van der Waals surface area contributed by atoms with E-state index in [1.54, 1.807) is 7.11 Å². The van der Waals surface area contributed by atoms with Gasteiger partial charge < -0.3 is 19.2 Å². The minimum atomic E-state index is -0.303. The van der Waals surface area contributed by atoms with Crippen LogP contribution in [-0.2, 0) is 24.5 Å². The quantitative estimate of drug-likeness (QED) is 0.324. The Balaban J connectivity index is 1.39. The zero-order valence-electron chi connectivity index (χ0n) is 19.6. The molecular formula is C26H28N4O4S. The molecule has 2 aromatic carbocycles. The largest absolute Gasteiger partial charge is 0.493 e. The van der Waals surface area contributed by atoms with Gasteiger partial charge in [0.2, 0.25) is 0 Å². The van der Waals surface area contributed by atoms with Crippen molar-refractivity contribution in [2.45, 2.75) is 51.5 Å². The second kappa shape index (κ2) is 10.5. The van der Waals surface area contributed by atoms with E-state index in [9.17, 15) is 4.79 Å². The molecule has 0 aliphatic heterocycles. The Labute approximate surface area is 207 Å². The first-order valence-electron chi connectivity index (χ1n) is 11.8. The molecule has 1 aliphatic carbocycles. The third-order valence-electron chi connectivity index (χ3n) is 6.20. The van der Waals surface area contributed by atoms with Crippen molar-refractivity contribution in [1.29, 1.82) is 0 Å². The average molecular weight is 493 g/mol. The lowest BCUT2D eigenvalue weighted by atomic mass is 10.2. The van der Waals surface area contributed by atoms with Crippen LogP contribution in [0.2, 0.25) is 0 Å². The molecule has 0 amide bonds. The smallest absolute Gasteiger partial charge is 0.277 e. The standard InChI is InChI=1S/C26H28N4O4S/c1-32-20-12-11-18(13-21(20)34-19-9-5-6-10-19)14-30-24-23(25(31)29-26(30)35)27-22(28-24)16-33-15-17-7-3-2-4-8-17/h2-4,7-8,11-13,19H,5-6,9-10,14-16H2,1H3,(H,27,28)(H,29,31,35). The molecule has 2 aromatic heterocycles. The minimum Gasteiger partial charge on any atom is -0.493 e. The molecule has 4 aromatic rings. The fraction of sp³-hybridized carbons (Fsp3) is 0.346. The van der Waals surface area contributed by atoms with E-state index in [1.165, 1.54) is 12.8 Å². The summed E-state index contributed by atoms with van der Waals surface area (Å²) in [5.41, 5.74) is 2.59. The summed E-state index contributed by atoms with van der Waals surface area (Å²) >= 11 is 5.49. The van der Waals surface area contributed by atoms with Crippen molar-refractivity contribution in [2.24, 2.45) is 0 Å². The highest BCUT2D eigenvalue weighted by Gasteiger charge is 2.19. The molecule has 1 saturated carbocycles. The molecule has 2 N–H and O–H groups in total. The Morgan fingerprint density at radius 3 is 2.60 bits per heavy atom. The number of fused-ring (bicyclic) bond motifs is 1. The Hall–Kier alpha value is -3.43. The van der Waals surface area contributed by atoms with Gasteiger partial charge in [0.25, 0.3) is 5.56 Å². The maximum atomic E-state index is 12.6. The van der Waals surface area contributed by atoms with Crippen LogP contribution in [-0.4, -0.2) is 32.7 Å². The molecule has 182 valence electrons. The molecule has 2 heterocycles. The zero-order chi connectivity index (χ0) is 24.2. The number of benzene rings is 2. The number of H-pyrrole nitrogens is 2. The molecule has 0 atom stereocenters. The minimum absolute atomic E-state index is 0.214. The first kappa shape index (κ1) is 23.3. The van der Waals surface area contributed by atoms with Crippen molar-refractivity contribution in [2.75, 3.05) is 7.11 Å². The first-order chi connectivity index (χ1) is 17.1. The summed E-state index contributed by atoms with van der Waals surface area (Å²) in [6.45, 7) is 1.13. The van der Waals surface area contributed by atoms with Crippen LogP contribution in [0.25, 0.3) is 11.2 Å². The Morgan fingerprint density at radius 1 is 1.03 bits per heavy atom. The van der Waals surface area contributed by atoms with E-state index in [-0.39, 0.29) is 18.3 Å². The highest BCUT2D eigenvalue weighted by atomic mass is 32.1. The number of hydrogen-bond donors (Lipinski definition) is 2. The number of methoxy groups -OCH3 is 1. The van der Waals surface area contributed by atoms with Crippen LogP contribution >= 0.6 is 12.2 Å². The van der Waals surface area contributed by atoms with Crippen molar-refractivity contribution in [3.63, 3.8) is 0 Å². The summed E-state index contributed by atoms with van der Waals surface area (Å²) in [7, 11) is 1.64. The van der Waals surface area contributed by atoms with E-state index >= 15 is 0 Å². The summed E-state index contributed by atoms with van der Waals surface area (Å²) in [6.07, 6.45) is 4.70. The van der Waals surface area contributed by atoms with Gasteiger partial charge in [-0.1, -0.05) is 36.4 Å². The van der Waals surface area contributed by atoms with E-state index in [0.29, 0.717) is 40.7 Å². The Bertz CT molecular complexity index is 1420. The molecule has 0 unspecified atom stereocenters. The predicted molar refractivity (Wildman–Crippen MR) is 135 cm³/mol. The molecule has 0 radical (unpaired) electrons. The van der Waals surface area contributed by atoms with Crippen LogP contribution < -0.4 is 15.0 Å². The normalized spacial score (nSPS) is 14.0. The predicted octanol–water partition coefficient (Wildman–Crippen LogP) is 4.88. The fourth-order valence-electron chi connectivity index (χ4n) is 4.42. The molecule has 1 fully saturated rings. The van der Waals surface area contributed by atoms with E-state index in [4.69, 9.17) is 26.4 Å². The molecule has 1 aliphatic rings. The summed E-state index contributed by atoms with van der Waals surface area (Å²) in [5.74, 6) is 1.99. The van der Waals surface area contributed by atoms with E-state index in [2.05, 4.69) is 15.0 Å². The van der Waals surface area contributed by atoms with Crippen molar-refractivity contribution in [3.05, 3.63) is 80.6 Å². The topological polar surface area (TPSA) is 94.2 Å². The van der Waals surface area contributed by atoms with Gasteiger partial charge in [-0.25, -0.2) is 4.98 Å². The zero-order valence-corrected chi connectivity index (χ0v) is 20.4. The number of imidazole rings is 1. The molecule has 0 spiro atoms. The number of rotatable bonds is 9. The van der Waals surface area contributed by atoms with Gasteiger partial charge in [0.15, 0.2) is 21.9 Å². The molecular weight excluding hydrogens is 464 g/mol. The highest BCUT2D eigenvalue weighted by Crippen LogP contribution is 2.32. The lowest BCUT2D eigenvalue weighted by Crippen LogP contribution is -2.15. The first-order valence-corrected chi connectivity index (χ1v) is 12.2. The lowest BCUT2D eigenvalue weighted by Gasteiger charge is -2.17. The number of hydrogen-bond acceptors (Lipinski definition) is 6. The van der Waals surface area contributed by atoms with Crippen LogP contribution in [0.4, 0.5) is 0 Å². The monoisotopic (exact) mass is 492 g/mol. The van der Waals surface area contributed by atoms with Gasteiger partial charge in [0, 0.05) is 0 Å². The van der Waals surface area contributed by atoms with Gasteiger partial charge in [-0.05, 0) is 61.2 Å². The Morgan fingerprint density at radius 2 is 1.83 bits per heavy atom. The van der Waals surface area contributed by atoms with Crippen molar-refractivity contribution in [1.82, 2.24) is 19.5 Å². The highest BCUT2D eigenvalue weighted by molar-refractivity contribution is 7.71. The van der Waals surface area contributed by atoms with Crippen molar-refractivity contribution >= 4 is 23.4 Å². The summed E-state index contributed by atoms with van der Waals surface area (Å²) in [6, 6.07) is 15.8. The van der Waals surface area contributed by atoms with Crippen molar-refractivity contribution in [3.8, 4) is 11.5 Å². The van der Waals surface area contributed by atoms with E-state index < -0.39 is 0 Å². The van der Waals surface area contributed by atoms with Crippen LogP contribution in [0.1, 0.15) is 42.6 Å². The van der Waals surface area contributed by atoms with Gasteiger partial charge in [-0.2, -0.15) is 0 Å². The van der Waals surface area contributed by atoms with Gasteiger partial charge in [0.05, 0.1) is 26.4 Å². The Kier molecular flexibility index (Phi) is 6.96. The molecule has 9 heteroatoms. The van der Waals surface area contributed by atoms with Crippen molar-refractivity contribution < 1.29 is 14.2 Å². The summed E-state index contributed by atoms with van der Waals surface area (Å²) in [5, 5.41) is 0. The number of aromatic amines is 2. The lowest BCUT2D eigenvalue weighted by molar-refractivity contribution is 0.102. The third-order valence-corrected chi connectivity index (χ3v) is 6.52.